The number of fused-ring (bicyclic) bond motifs is 1. The van der Waals surface area contributed by atoms with Crippen LogP contribution >= 0.6 is 11.3 Å². The fourth-order valence-electron chi connectivity index (χ4n) is 4.15. The van der Waals surface area contributed by atoms with E-state index in [1.54, 1.807) is 35.6 Å². The Balaban J connectivity index is 1.19. The summed E-state index contributed by atoms with van der Waals surface area (Å²) < 4.78 is 28.4. The van der Waals surface area contributed by atoms with Crippen LogP contribution in [0, 0.1) is 12.8 Å². The largest absolute Gasteiger partial charge is 0.326 e. The number of aromatic nitrogens is 1. The van der Waals surface area contributed by atoms with Gasteiger partial charge in [0.2, 0.25) is 15.9 Å². The summed E-state index contributed by atoms with van der Waals surface area (Å²) in [5.74, 6) is -0.284. The second-order valence-electron chi connectivity index (χ2n) is 8.54. The maximum Gasteiger partial charge on any atom is 0.243 e. The van der Waals surface area contributed by atoms with Crippen LogP contribution in [0.3, 0.4) is 0 Å². The summed E-state index contributed by atoms with van der Waals surface area (Å²) in [5, 5.41) is 3.93. The van der Waals surface area contributed by atoms with Crippen molar-refractivity contribution in [3.8, 4) is 10.6 Å². The van der Waals surface area contributed by atoms with Crippen LogP contribution < -0.4 is 5.32 Å². The summed E-state index contributed by atoms with van der Waals surface area (Å²) in [4.78, 5) is 17.8. The van der Waals surface area contributed by atoms with E-state index in [1.807, 2.05) is 49.4 Å². The lowest BCUT2D eigenvalue weighted by atomic mass is 9.97. The predicted octanol–water partition coefficient (Wildman–Crippen LogP) is 5.31. The van der Waals surface area contributed by atoms with E-state index in [-0.39, 0.29) is 11.8 Å². The summed E-state index contributed by atoms with van der Waals surface area (Å²) in [6.45, 7) is 2.60. The summed E-state index contributed by atoms with van der Waals surface area (Å²) in [5.41, 5.74) is 3.73. The molecule has 0 unspecified atom stereocenters. The molecule has 0 saturated carbocycles. The quantitative estimate of drug-likeness (QED) is 0.410. The smallest absolute Gasteiger partial charge is 0.243 e. The number of aryl methyl sites for hydroxylation is 1. The van der Waals surface area contributed by atoms with Gasteiger partial charge >= 0.3 is 0 Å². The van der Waals surface area contributed by atoms with E-state index in [1.165, 1.54) is 4.31 Å². The van der Waals surface area contributed by atoms with E-state index in [2.05, 4.69) is 16.4 Å². The summed E-state index contributed by atoms with van der Waals surface area (Å²) in [7, 11) is -3.53. The average Bonchev–Trinajstić information content (AvgIpc) is 3.29. The van der Waals surface area contributed by atoms with Crippen LogP contribution in [0.5, 0.6) is 0 Å². The highest BCUT2D eigenvalue weighted by Crippen LogP contribution is 2.31. The molecule has 0 radical (unpaired) electrons. The van der Waals surface area contributed by atoms with Gasteiger partial charge in [-0.3, -0.25) is 4.79 Å². The Bertz CT molecular complexity index is 1390. The lowest BCUT2D eigenvalue weighted by Crippen LogP contribution is -2.41. The van der Waals surface area contributed by atoms with Gasteiger partial charge in [0.15, 0.2) is 0 Å². The Kier molecular flexibility index (Phi) is 6.20. The monoisotopic (exact) mass is 491 g/mol. The predicted molar refractivity (Wildman–Crippen MR) is 136 cm³/mol. The Morgan fingerprint density at radius 2 is 1.65 bits per heavy atom. The molecule has 1 aromatic heterocycles. The molecule has 0 spiro atoms. The number of thiazole rings is 1. The first-order valence-corrected chi connectivity index (χ1v) is 13.5. The molecule has 1 aliphatic heterocycles. The number of para-hydroxylation sites is 1. The molecule has 3 aromatic carbocycles. The van der Waals surface area contributed by atoms with Crippen molar-refractivity contribution in [2.24, 2.45) is 5.92 Å². The van der Waals surface area contributed by atoms with Gasteiger partial charge in [-0.2, -0.15) is 4.31 Å². The minimum Gasteiger partial charge on any atom is -0.326 e. The minimum absolute atomic E-state index is 0.0693. The van der Waals surface area contributed by atoms with Crippen LogP contribution in [0.2, 0.25) is 0 Å². The number of hydrogen-bond acceptors (Lipinski definition) is 5. The molecular formula is C26H25N3O3S2. The molecule has 4 aromatic rings. The molecule has 1 amide bonds. The first-order valence-electron chi connectivity index (χ1n) is 11.2. The van der Waals surface area contributed by atoms with Gasteiger partial charge in [0.25, 0.3) is 0 Å². The fourth-order valence-corrected chi connectivity index (χ4v) is 6.59. The zero-order valence-corrected chi connectivity index (χ0v) is 20.4. The molecule has 6 nitrogen and oxygen atoms in total. The molecular weight excluding hydrogens is 466 g/mol. The van der Waals surface area contributed by atoms with Gasteiger partial charge in [0, 0.05) is 30.3 Å². The number of sulfonamides is 1. The minimum atomic E-state index is -3.53. The van der Waals surface area contributed by atoms with Gasteiger partial charge in [-0.25, -0.2) is 13.4 Å². The van der Waals surface area contributed by atoms with E-state index in [4.69, 9.17) is 0 Å². The fraction of sp³-hybridized carbons (Fsp3) is 0.231. The Morgan fingerprint density at radius 3 is 2.32 bits per heavy atom. The molecule has 1 aliphatic rings. The van der Waals surface area contributed by atoms with Crippen molar-refractivity contribution in [1.29, 1.82) is 0 Å². The Hall–Kier alpha value is -3.07. The lowest BCUT2D eigenvalue weighted by Gasteiger charge is -2.30. The van der Waals surface area contributed by atoms with Gasteiger partial charge in [0.1, 0.15) is 5.01 Å². The molecule has 0 atom stereocenters. The number of carbonyl (C=O) groups is 1. The van der Waals surface area contributed by atoms with Crippen molar-refractivity contribution in [3.63, 3.8) is 0 Å². The number of nitrogens with one attached hydrogen (secondary N) is 1. The third kappa shape index (κ3) is 4.61. The van der Waals surface area contributed by atoms with E-state index in [0.29, 0.717) is 30.8 Å². The van der Waals surface area contributed by atoms with E-state index in [0.717, 1.165) is 32.0 Å². The van der Waals surface area contributed by atoms with Gasteiger partial charge in [0.05, 0.1) is 15.1 Å². The van der Waals surface area contributed by atoms with Crippen LogP contribution in [0.1, 0.15) is 18.4 Å². The molecule has 0 bridgehead atoms. The first-order chi connectivity index (χ1) is 16.4. The van der Waals surface area contributed by atoms with Gasteiger partial charge in [-0.1, -0.05) is 29.8 Å². The molecule has 2 heterocycles. The molecule has 8 heteroatoms. The third-order valence-corrected chi connectivity index (χ3v) is 9.18. The molecule has 1 fully saturated rings. The van der Waals surface area contributed by atoms with Crippen LogP contribution in [-0.2, 0) is 14.8 Å². The lowest BCUT2D eigenvalue weighted by molar-refractivity contribution is -0.120. The number of piperidine rings is 1. The van der Waals surface area contributed by atoms with E-state index in [9.17, 15) is 13.2 Å². The highest BCUT2D eigenvalue weighted by atomic mass is 32.2. The Labute approximate surface area is 203 Å². The normalized spacial score (nSPS) is 15.4. The van der Waals surface area contributed by atoms with E-state index < -0.39 is 10.0 Å². The van der Waals surface area contributed by atoms with Crippen LogP contribution in [-0.4, -0.2) is 36.7 Å². The number of carbonyl (C=O) groups excluding carboxylic acids is 1. The van der Waals surface area contributed by atoms with Crippen LogP contribution in [0.25, 0.3) is 20.8 Å². The van der Waals surface area contributed by atoms with Crippen molar-refractivity contribution in [2.45, 2.75) is 24.7 Å². The van der Waals surface area contributed by atoms with Crippen LogP contribution in [0.15, 0.2) is 77.7 Å². The number of nitrogens with zero attached hydrogens (tertiary/aromatic N) is 2. The van der Waals surface area contributed by atoms with Gasteiger partial charge < -0.3 is 5.32 Å². The second kappa shape index (κ2) is 9.29. The van der Waals surface area contributed by atoms with Crippen molar-refractivity contribution in [3.05, 3.63) is 78.4 Å². The topological polar surface area (TPSA) is 79.4 Å². The van der Waals surface area contributed by atoms with Crippen molar-refractivity contribution >= 4 is 43.2 Å². The van der Waals surface area contributed by atoms with Gasteiger partial charge in [-0.15, -0.1) is 11.3 Å². The first kappa shape index (κ1) is 22.7. The zero-order chi connectivity index (χ0) is 23.7. The standard InChI is InChI=1S/C26H25N3O3S2/c1-18-6-12-22(13-7-18)34(31,32)29-16-14-19(15-17-29)25(30)27-21-10-8-20(9-11-21)26-28-23-4-2-3-5-24(23)33-26/h2-13,19H,14-17H2,1H3,(H,27,30). The third-order valence-electron chi connectivity index (χ3n) is 6.18. The highest BCUT2D eigenvalue weighted by molar-refractivity contribution is 7.89. The molecule has 34 heavy (non-hydrogen) atoms. The highest BCUT2D eigenvalue weighted by Gasteiger charge is 2.32. The van der Waals surface area contributed by atoms with Crippen LogP contribution in [0.4, 0.5) is 5.69 Å². The number of rotatable bonds is 5. The number of anilines is 1. The van der Waals surface area contributed by atoms with E-state index >= 15 is 0 Å². The molecule has 174 valence electrons. The Morgan fingerprint density at radius 1 is 0.971 bits per heavy atom. The molecule has 1 saturated heterocycles. The average molecular weight is 492 g/mol. The maximum atomic E-state index is 12.9. The maximum absolute atomic E-state index is 12.9. The number of hydrogen-bond donors (Lipinski definition) is 1. The zero-order valence-electron chi connectivity index (χ0n) is 18.8. The summed E-state index contributed by atoms with van der Waals surface area (Å²) in [6, 6.07) is 22.6. The van der Waals surface area contributed by atoms with Crippen molar-refractivity contribution in [2.75, 3.05) is 18.4 Å². The SMILES string of the molecule is Cc1ccc(S(=O)(=O)N2CCC(C(=O)Nc3ccc(-c4nc5ccccc5s4)cc3)CC2)cc1. The summed E-state index contributed by atoms with van der Waals surface area (Å²) in [6.07, 6.45) is 1.00. The molecule has 0 aliphatic carbocycles. The number of amides is 1. The summed E-state index contributed by atoms with van der Waals surface area (Å²) >= 11 is 1.64. The number of benzene rings is 3. The van der Waals surface area contributed by atoms with Gasteiger partial charge in [-0.05, 0) is 68.3 Å². The molecule has 5 rings (SSSR count). The molecule has 1 N–H and O–H groups in total. The second-order valence-corrected chi connectivity index (χ2v) is 11.5. The van der Waals surface area contributed by atoms with Crippen molar-refractivity contribution < 1.29 is 13.2 Å². The van der Waals surface area contributed by atoms with Crippen molar-refractivity contribution in [1.82, 2.24) is 9.29 Å².